The normalized spacial score (nSPS) is 10.9. The predicted molar refractivity (Wildman–Crippen MR) is 66.0 cm³/mol. The van der Waals surface area contributed by atoms with Gasteiger partial charge in [0.15, 0.2) is 0 Å². The van der Waals surface area contributed by atoms with Crippen molar-refractivity contribution in [2.24, 2.45) is 0 Å². The van der Waals surface area contributed by atoms with Crippen molar-refractivity contribution in [1.29, 1.82) is 0 Å². The van der Waals surface area contributed by atoms with Crippen molar-refractivity contribution in [1.82, 2.24) is 9.78 Å². The highest BCUT2D eigenvalue weighted by atomic mass is 79.9. The quantitative estimate of drug-likeness (QED) is 0.642. The second kappa shape index (κ2) is 4.80. The minimum atomic E-state index is -0.418. The molecule has 0 saturated heterocycles. The van der Waals surface area contributed by atoms with Crippen molar-refractivity contribution in [3.8, 4) is 0 Å². The van der Waals surface area contributed by atoms with Crippen LogP contribution in [0.15, 0.2) is 22.8 Å². The number of nitro benzene ring substituents is 1. The number of nitrogens with zero attached hydrogens (tertiary/aromatic N) is 3. The lowest BCUT2D eigenvalue weighted by molar-refractivity contribution is -0.384. The molecule has 7 heteroatoms. The zero-order valence-corrected chi connectivity index (χ0v) is 10.7. The third-order valence-electron chi connectivity index (χ3n) is 2.41. The number of rotatable bonds is 4. The maximum absolute atomic E-state index is 10.7. The number of hydrogen-bond acceptors (Lipinski definition) is 4. The van der Waals surface area contributed by atoms with Crippen LogP contribution in [0.5, 0.6) is 0 Å². The van der Waals surface area contributed by atoms with Gasteiger partial charge in [-0.15, -0.1) is 0 Å². The first-order valence-electron chi connectivity index (χ1n) is 4.93. The molecule has 90 valence electrons. The van der Waals surface area contributed by atoms with E-state index in [0.29, 0.717) is 17.8 Å². The van der Waals surface area contributed by atoms with Gasteiger partial charge in [-0.3, -0.25) is 14.8 Å². The Balaban J connectivity index is 2.49. The second-order valence-electron chi connectivity index (χ2n) is 3.47. The number of nitro groups is 1. The molecule has 0 saturated carbocycles. The maximum atomic E-state index is 10.7. The van der Waals surface area contributed by atoms with Crippen LogP contribution in [-0.2, 0) is 11.3 Å². The highest BCUT2D eigenvalue weighted by Crippen LogP contribution is 2.27. The van der Waals surface area contributed by atoms with Crippen molar-refractivity contribution >= 4 is 32.5 Å². The minimum Gasteiger partial charge on any atom is -0.383 e. The average molecular weight is 300 g/mol. The summed E-state index contributed by atoms with van der Waals surface area (Å²) in [6.45, 7) is 1.15. The fraction of sp³-hybridized carbons (Fsp3) is 0.300. The molecule has 0 N–H and O–H groups in total. The summed E-state index contributed by atoms with van der Waals surface area (Å²) < 4.78 is 7.34. The lowest BCUT2D eigenvalue weighted by Gasteiger charge is -2.01. The largest absolute Gasteiger partial charge is 0.383 e. The van der Waals surface area contributed by atoms with E-state index in [1.165, 1.54) is 12.1 Å². The Kier molecular flexibility index (Phi) is 3.39. The van der Waals surface area contributed by atoms with Crippen LogP contribution in [0.4, 0.5) is 5.69 Å². The number of methoxy groups -OCH3 is 1. The zero-order valence-electron chi connectivity index (χ0n) is 9.09. The molecule has 0 fully saturated rings. The monoisotopic (exact) mass is 299 g/mol. The van der Waals surface area contributed by atoms with Gasteiger partial charge in [0.25, 0.3) is 5.69 Å². The summed E-state index contributed by atoms with van der Waals surface area (Å²) in [5.41, 5.74) is 0.906. The molecule has 0 bridgehead atoms. The number of fused-ring (bicyclic) bond motifs is 1. The first kappa shape index (κ1) is 12.0. The van der Waals surface area contributed by atoms with E-state index in [1.807, 2.05) is 0 Å². The molecule has 0 aliphatic heterocycles. The zero-order chi connectivity index (χ0) is 12.4. The van der Waals surface area contributed by atoms with Crippen LogP contribution in [0.25, 0.3) is 10.9 Å². The SMILES string of the molecule is COCCn1nc(Br)c2cc([N+](=O)[O-])ccc21. The van der Waals surface area contributed by atoms with E-state index in [1.54, 1.807) is 17.9 Å². The van der Waals surface area contributed by atoms with Gasteiger partial charge in [-0.1, -0.05) is 0 Å². The highest BCUT2D eigenvalue weighted by Gasteiger charge is 2.13. The molecule has 0 radical (unpaired) electrons. The fourth-order valence-electron chi connectivity index (χ4n) is 1.59. The number of hydrogen-bond donors (Lipinski definition) is 0. The highest BCUT2D eigenvalue weighted by molar-refractivity contribution is 9.10. The molecule has 17 heavy (non-hydrogen) atoms. The van der Waals surface area contributed by atoms with Gasteiger partial charge in [0.05, 0.1) is 23.6 Å². The van der Waals surface area contributed by atoms with Gasteiger partial charge in [-0.2, -0.15) is 5.10 Å². The lowest BCUT2D eigenvalue weighted by atomic mass is 10.2. The molecular formula is C10H10BrN3O3. The molecule has 0 spiro atoms. The van der Waals surface area contributed by atoms with Gasteiger partial charge in [0.2, 0.25) is 0 Å². The summed E-state index contributed by atoms with van der Waals surface area (Å²) in [6, 6.07) is 4.68. The summed E-state index contributed by atoms with van der Waals surface area (Å²) in [7, 11) is 1.62. The Morgan fingerprint density at radius 3 is 3.00 bits per heavy atom. The van der Waals surface area contributed by atoms with Crippen LogP contribution >= 0.6 is 15.9 Å². The molecule has 2 rings (SSSR count). The molecule has 0 atom stereocenters. The van der Waals surface area contributed by atoms with Crippen LogP contribution in [0.2, 0.25) is 0 Å². The van der Waals surface area contributed by atoms with E-state index in [0.717, 1.165) is 10.9 Å². The fourth-order valence-corrected chi connectivity index (χ4v) is 2.10. The van der Waals surface area contributed by atoms with E-state index in [9.17, 15) is 10.1 Å². The third kappa shape index (κ3) is 2.29. The Morgan fingerprint density at radius 2 is 2.35 bits per heavy atom. The maximum Gasteiger partial charge on any atom is 0.270 e. The molecule has 2 aromatic rings. The molecule has 0 aliphatic rings. The Morgan fingerprint density at radius 1 is 1.59 bits per heavy atom. The minimum absolute atomic E-state index is 0.0597. The third-order valence-corrected chi connectivity index (χ3v) is 2.99. The van der Waals surface area contributed by atoms with E-state index < -0.39 is 4.92 Å². The van der Waals surface area contributed by atoms with E-state index in [-0.39, 0.29) is 5.69 Å². The summed E-state index contributed by atoms with van der Waals surface area (Å²) in [4.78, 5) is 10.3. The van der Waals surface area contributed by atoms with Crippen LogP contribution < -0.4 is 0 Å². The summed E-state index contributed by atoms with van der Waals surface area (Å²) >= 11 is 3.30. The van der Waals surface area contributed by atoms with E-state index in [2.05, 4.69) is 21.0 Å². The first-order valence-corrected chi connectivity index (χ1v) is 5.72. The Labute approximate surface area is 105 Å². The Hall–Kier alpha value is -1.47. The van der Waals surface area contributed by atoms with Crippen LogP contribution in [0, 0.1) is 10.1 Å². The molecule has 0 amide bonds. The van der Waals surface area contributed by atoms with Gasteiger partial charge in [-0.25, -0.2) is 0 Å². The molecule has 0 aliphatic carbocycles. The summed E-state index contributed by atoms with van der Waals surface area (Å²) in [5.74, 6) is 0. The van der Waals surface area contributed by atoms with Crippen LogP contribution in [0.1, 0.15) is 0 Å². The van der Waals surface area contributed by atoms with Gasteiger partial charge in [-0.05, 0) is 22.0 Å². The van der Waals surface area contributed by atoms with Gasteiger partial charge >= 0.3 is 0 Å². The van der Waals surface area contributed by atoms with Crippen LogP contribution in [0.3, 0.4) is 0 Å². The van der Waals surface area contributed by atoms with Gasteiger partial charge in [0.1, 0.15) is 4.60 Å². The number of benzene rings is 1. The number of ether oxygens (including phenoxy) is 1. The molecule has 1 heterocycles. The lowest BCUT2D eigenvalue weighted by Crippen LogP contribution is -2.05. The van der Waals surface area contributed by atoms with Gasteiger partial charge < -0.3 is 4.74 Å². The first-order chi connectivity index (χ1) is 8.13. The molecule has 6 nitrogen and oxygen atoms in total. The molecule has 0 unspecified atom stereocenters. The van der Waals surface area contributed by atoms with Crippen molar-refractivity contribution in [2.45, 2.75) is 6.54 Å². The molecular weight excluding hydrogens is 290 g/mol. The predicted octanol–water partition coefficient (Wildman–Crippen LogP) is 2.35. The van der Waals surface area contributed by atoms with E-state index >= 15 is 0 Å². The molecule has 1 aromatic heterocycles. The topological polar surface area (TPSA) is 70.2 Å². The van der Waals surface area contributed by atoms with E-state index in [4.69, 9.17) is 4.74 Å². The van der Waals surface area contributed by atoms with Crippen LogP contribution in [-0.4, -0.2) is 28.4 Å². The molecule has 1 aromatic carbocycles. The number of non-ortho nitro benzene ring substituents is 1. The second-order valence-corrected chi connectivity index (χ2v) is 4.22. The van der Waals surface area contributed by atoms with Crippen molar-refractivity contribution in [3.63, 3.8) is 0 Å². The number of aromatic nitrogens is 2. The Bertz CT molecular complexity index is 567. The number of halogens is 1. The van der Waals surface area contributed by atoms with Crippen molar-refractivity contribution in [3.05, 3.63) is 32.9 Å². The summed E-state index contributed by atoms with van der Waals surface area (Å²) in [6.07, 6.45) is 0. The average Bonchev–Trinajstić information content (AvgIpc) is 2.63. The smallest absolute Gasteiger partial charge is 0.270 e. The standard InChI is InChI=1S/C10H10BrN3O3/c1-17-5-4-13-9-3-2-7(14(15)16)6-8(9)10(11)12-13/h2-3,6H,4-5H2,1H3. The summed E-state index contributed by atoms with van der Waals surface area (Å²) in [5, 5.41) is 15.7. The van der Waals surface area contributed by atoms with Crippen molar-refractivity contribution < 1.29 is 9.66 Å². The van der Waals surface area contributed by atoms with Crippen molar-refractivity contribution in [2.75, 3.05) is 13.7 Å². The van der Waals surface area contributed by atoms with Gasteiger partial charge in [0, 0.05) is 24.6 Å².